The zero-order valence-corrected chi connectivity index (χ0v) is 18.4. The van der Waals surface area contributed by atoms with Gasteiger partial charge in [0.15, 0.2) is 0 Å². The number of carbonyl (C=O) groups is 1. The van der Waals surface area contributed by atoms with Crippen LogP contribution in [0.1, 0.15) is 55.3 Å². The van der Waals surface area contributed by atoms with Gasteiger partial charge in [0, 0.05) is 61.5 Å². The van der Waals surface area contributed by atoms with E-state index in [9.17, 15) is 14.9 Å². The van der Waals surface area contributed by atoms with Gasteiger partial charge in [-0.25, -0.2) is 0 Å². The average Bonchev–Trinajstić information content (AvgIpc) is 3.33. The van der Waals surface area contributed by atoms with E-state index in [0.29, 0.717) is 13.1 Å². The second-order valence-corrected chi connectivity index (χ2v) is 9.95. The van der Waals surface area contributed by atoms with E-state index in [1.165, 1.54) is 49.7 Å². The highest BCUT2D eigenvalue weighted by atomic mass is 32.2. The molecule has 4 rings (SSSR count). The molecule has 0 bridgehead atoms. The van der Waals surface area contributed by atoms with E-state index >= 15 is 0 Å². The normalized spacial score (nSPS) is 22.1. The van der Waals surface area contributed by atoms with Crippen molar-refractivity contribution in [2.24, 2.45) is 0 Å². The summed E-state index contributed by atoms with van der Waals surface area (Å²) >= 11 is 2.03. The van der Waals surface area contributed by atoms with E-state index in [2.05, 4.69) is 10.2 Å². The van der Waals surface area contributed by atoms with Crippen molar-refractivity contribution in [2.45, 2.75) is 50.5 Å². The summed E-state index contributed by atoms with van der Waals surface area (Å²) in [5.74, 6) is 2.16. The molecule has 1 aromatic carbocycles. The Hall–Kier alpha value is -1.80. The first-order valence-electron chi connectivity index (χ1n) is 11.2. The number of benzene rings is 1. The van der Waals surface area contributed by atoms with Crippen molar-refractivity contribution in [1.29, 1.82) is 0 Å². The first-order valence-corrected chi connectivity index (χ1v) is 12.4. The van der Waals surface area contributed by atoms with E-state index in [1.807, 2.05) is 11.8 Å². The number of nitrogens with zero attached hydrogens (tertiary/aromatic N) is 3. The highest BCUT2D eigenvalue weighted by Gasteiger charge is 2.38. The summed E-state index contributed by atoms with van der Waals surface area (Å²) in [6.07, 6.45) is 8.13. The van der Waals surface area contributed by atoms with Crippen molar-refractivity contribution < 1.29 is 9.72 Å². The fourth-order valence-corrected chi connectivity index (χ4v) is 6.09. The summed E-state index contributed by atoms with van der Waals surface area (Å²) in [7, 11) is 0. The summed E-state index contributed by atoms with van der Waals surface area (Å²) < 4.78 is 0. The number of carbonyl (C=O) groups excluding carboxylic acids is 1. The number of likely N-dealkylation sites (tertiary alicyclic amines) is 1. The molecule has 1 N–H and O–H groups in total. The maximum Gasteiger partial charge on any atom is 0.282 e. The minimum atomic E-state index is -0.443. The molecule has 2 saturated heterocycles. The van der Waals surface area contributed by atoms with Crippen LogP contribution in [0.4, 0.5) is 11.4 Å². The number of anilines is 1. The van der Waals surface area contributed by atoms with Crippen LogP contribution in [0.3, 0.4) is 0 Å². The molecular formula is C22H32N4O3S. The molecule has 164 valence electrons. The van der Waals surface area contributed by atoms with Crippen LogP contribution in [0.15, 0.2) is 18.2 Å². The van der Waals surface area contributed by atoms with Crippen molar-refractivity contribution in [1.82, 2.24) is 9.80 Å². The van der Waals surface area contributed by atoms with E-state index in [0.717, 1.165) is 38.2 Å². The lowest BCUT2D eigenvalue weighted by atomic mass is 9.80. The Balaban J connectivity index is 1.53. The quantitative estimate of drug-likeness (QED) is 0.541. The van der Waals surface area contributed by atoms with Crippen LogP contribution in [-0.2, 0) is 0 Å². The topological polar surface area (TPSA) is 78.7 Å². The number of hydrogen-bond acceptors (Lipinski definition) is 6. The summed E-state index contributed by atoms with van der Waals surface area (Å²) in [5.41, 5.74) is 1.07. The highest BCUT2D eigenvalue weighted by Crippen LogP contribution is 2.36. The second kappa shape index (κ2) is 9.56. The van der Waals surface area contributed by atoms with E-state index in [4.69, 9.17) is 0 Å². The lowest BCUT2D eigenvalue weighted by Gasteiger charge is -2.48. The number of nitro groups is 1. The van der Waals surface area contributed by atoms with Gasteiger partial charge < -0.3 is 10.2 Å². The molecule has 0 radical (unpaired) electrons. The van der Waals surface area contributed by atoms with E-state index in [-0.39, 0.29) is 22.7 Å². The van der Waals surface area contributed by atoms with Crippen LogP contribution >= 0.6 is 11.8 Å². The predicted octanol–water partition coefficient (Wildman–Crippen LogP) is 3.99. The summed E-state index contributed by atoms with van der Waals surface area (Å²) in [4.78, 5) is 28.4. The van der Waals surface area contributed by atoms with Crippen LogP contribution < -0.4 is 5.32 Å². The molecule has 1 saturated carbocycles. The Morgan fingerprint density at radius 1 is 1.07 bits per heavy atom. The molecule has 0 spiro atoms. The molecule has 1 aliphatic carbocycles. The standard InChI is InChI=1S/C22H32N4O3S/c27-21(24-10-4-5-11-24)19-16-18(6-7-20(19)26(28)29)23-17-22(8-2-1-3-9-22)25-12-14-30-15-13-25/h6-7,16,23H,1-5,8-15,17H2. The van der Waals surface area contributed by atoms with Gasteiger partial charge in [0.25, 0.3) is 11.6 Å². The molecule has 0 unspecified atom stereocenters. The van der Waals surface area contributed by atoms with Crippen LogP contribution in [0.5, 0.6) is 0 Å². The van der Waals surface area contributed by atoms with Crippen molar-refractivity contribution in [3.05, 3.63) is 33.9 Å². The molecule has 2 aliphatic heterocycles. The highest BCUT2D eigenvalue weighted by molar-refractivity contribution is 7.99. The Labute approximate surface area is 182 Å². The van der Waals surface area contributed by atoms with Gasteiger partial charge in [-0.1, -0.05) is 19.3 Å². The molecule has 30 heavy (non-hydrogen) atoms. The zero-order chi connectivity index (χ0) is 21.0. The van der Waals surface area contributed by atoms with E-state index < -0.39 is 4.92 Å². The van der Waals surface area contributed by atoms with Crippen LogP contribution in [0.2, 0.25) is 0 Å². The van der Waals surface area contributed by atoms with Crippen molar-refractivity contribution in [3.63, 3.8) is 0 Å². The van der Waals surface area contributed by atoms with Gasteiger partial charge in [0.1, 0.15) is 5.56 Å². The number of hydrogen-bond donors (Lipinski definition) is 1. The molecule has 3 fully saturated rings. The monoisotopic (exact) mass is 432 g/mol. The molecule has 0 atom stereocenters. The Morgan fingerprint density at radius 3 is 2.43 bits per heavy atom. The van der Waals surface area contributed by atoms with Gasteiger partial charge in [0.05, 0.1) is 4.92 Å². The van der Waals surface area contributed by atoms with Crippen molar-refractivity contribution in [2.75, 3.05) is 49.5 Å². The minimum Gasteiger partial charge on any atom is -0.383 e. The van der Waals surface area contributed by atoms with Gasteiger partial charge in [-0.2, -0.15) is 11.8 Å². The lowest BCUT2D eigenvalue weighted by molar-refractivity contribution is -0.385. The minimum absolute atomic E-state index is 0.0992. The van der Waals surface area contributed by atoms with Gasteiger partial charge in [0.2, 0.25) is 0 Å². The average molecular weight is 433 g/mol. The molecule has 1 aromatic rings. The van der Waals surface area contributed by atoms with Crippen molar-refractivity contribution >= 4 is 29.0 Å². The molecule has 8 heteroatoms. The molecule has 7 nitrogen and oxygen atoms in total. The maximum atomic E-state index is 12.9. The predicted molar refractivity (Wildman–Crippen MR) is 121 cm³/mol. The van der Waals surface area contributed by atoms with Gasteiger partial charge in [-0.15, -0.1) is 0 Å². The van der Waals surface area contributed by atoms with Crippen LogP contribution in [-0.4, -0.2) is 70.4 Å². The van der Waals surface area contributed by atoms with E-state index in [1.54, 1.807) is 17.0 Å². The van der Waals surface area contributed by atoms with Crippen LogP contribution in [0.25, 0.3) is 0 Å². The Kier molecular flexibility index (Phi) is 6.83. The Bertz CT molecular complexity index is 770. The number of rotatable bonds is 6. The third-order valence-corrected chi connectivity index (χ3v) is 7.85. The summed E-state index contributed by atoms with van der Waals surface area (Å²) in [6, 6.07) is 4.93. The number of nitrogens with one attached hydrogen (secondary N) is 1. The van der Waals surface area contributed by atoms with Crippen LogP contribution in [0, 0.1) is 10.1 Å². The third kappa shape index (κ3) is 4.59. The molecule has 0 aromatic heterocycles. The molecular weight excluding hydrogens is 400 g/mol. The zero-order valence-electron chi connectivity index (χ0n) is 17.6. The summed E-state index contributed by atoms with van der Waals surface area (Å²) in [6.45, 7) is 4.46. The number of thioether (sulfide) groups is 1. The first-order chi connectivity index (χ1) is 14.6. The fourth-order valence-electron chi connectivity index (χ4n) is 5.19. The van der Waals surface area contributed by atoms with Crippen molar-refractivity contribution in [3.8, 4) is 0 Å². The third-order valence-electron chi connectivity index (χ3n) is 6.90. The second-order valence-electron chi connectivity index (χ2n) is 8.73. The first kappa shape index (κ1) is 21.4. The number of amides is 1. The Morgan fingerprint density at radius 2 is 1.77 bits per heavy atom. The van der Waals surface area contributed by atoms with Gasteiger partial charge >= 0.3 is 0 Å². The fraction of sp³-hybridized carbons (Fsp3) is 0.682. The largest absolute Gasteiger partial charge is 0.383 e. The van der Waals surface area contributed by atoms with Gasteiger partial charge in [-0.05, 0) is 37.8 Å². The summed E-state index contributed by atoms with van der Waals surface area (Å²) in [5, 5.41) is 15.1. The lowest BCUT2D eigenvalue weighted by Crippen LogP contribution is -2.57. The smallest absolute Gasteiger partial charge is 0.282 e. The molecule has 2 heterocycles. The SMILES string of the molecule is O=C(c1cc(NCC2(N3CCSCC3)CCCCC2)ccc1[N+](=O)[O-])N1CCCC1. The van der Waals surface area contributed by atoms with Gasteiger partial charge in [-0.3, -0.25) is 19.8 Å². The maximum absolute atomic E-state index is 12.9. The molecule has 3 aliphatic rings. The number of nitro benzene ring substituents is 1. The molecule has 1 amide bonds.